The second-order valence-corrected chi connectivity index (χ2v) is 4.16. The summed E-state index contributed by atoms with van der Waals surface area (Å²) in [6.07, 6.45) is -2.50. The molecule has 1 nitrogen and oxygen atoms in total. The average Bonchev–Trinajstić information content (AvgIpc) is 1.99. The summed E-state index contributed by atoms with van der Waals surface area (Å²) in [7, 11) is 0. The molecule has 1 aromatic heterocycles. The molecule has 0 fully saturated rings. The topological polar surface area (TPSA) is 12.9 Å². The van der Waals surface area contributed by atoms with Crippen LogP contribution in [0.5, 0.6) is 0 Å². The summed E-state index contributed by atoms with van der Waals surface area (Å²) in [5, 5.41) is 0. The third kappa shape index (κ3) is 2.12. The Hall–Kier alpha value is 0.220. The lowest BCUT2D eigenvalue weighted by atomic mass is 10.3. The summed E-state index contributed by atoms with van der Waals surface area (Å²) in [5.41, 5.74) is 0.445. The third-order valence-electron chi connectivity index (χ3n) is 1.32. The number of aryl methyl sites for hydroxylation is 1. The predicted octanol–water partition coefficient (Wildman–Crippen LogP) is 3.69. The van der Waals surface area contributed by atoms with Gasteiger partial charge in [-0.25, -0.2) is 8.78 Å². The SMILES string of the molecule is Cc1nc(C(F)F)cc(Br)c1I. The quantitative estimate of drug-likeness (QED) is 0.706. The van der Waals surface area contributed by atoms with Crippen LogP contribution in [-0.4, -0.2) is 4.98 Å². The minimum Gasteiger partial charge on any atom is -0.251 e. The van der Waals surface area contributed by atoms with Crippen LogP contribution in [0.15, 0.2) is 10.5 Å². The van der Waals surface area contributed by atoms with Gasteiger partial charge >= 0.3 is 0 Å². The summed E-state index contributed by atoms with van der Waals surface area (Å²) in [4.78, 5) is 3.75. The van der Waals surface area contributed by atoms with Crippen molar-refractivity contribution in [2.45, 2.75) is 13.3 Å². The zero-order chi connectivity index (χ0) is 9.30. The molecule has 0 aliphatic carbocycles. The Morgan fingerprint density at radius 3 is 2.58 bits per heavy atom. The minimum absolute atomic E-state index is 0.181. The molecule has 12 heavy (non-hydrogen) atoms. The third-order valence-corrected chi connectivity index (χ3v) is 4.05. The number of aromatic nitrogens is 1. The van der Waals surface area contributed by atoms with Crippen molar-refractivity contribution in [1.82, 2.24) is 4.98 Å². The Bertz CT molecular complexity index is 280. The van der Waals surface area contributed by atoms with Crippen LogP contribution in [0.1, 0.15) is 17.8 Å². The summed E-state index contributed by atoms with van der Waals surface area (Å²) in [6.45, 7) is 1.71. The molecule has 1 aromatic rings. The van der Waals surface area contributed by atoms with E-state index in [1.165, 1.54) is 6.07 Å². The van der Waals surface area contributed by atoms with Gasteiger partial charge in [-0.2, -0.15) is 0 Å². The first-order valence-corrected chi connectivity index (χ1v) is 5.00. The normalized spacial score (nSPS) is 10.8. The molecule has 0 saturated carbocycles. The van der Waals surface area contributed by atoms with Gasteiger partial charge in [0.2, 0.25) is 0 Å². The fourth-order valence-electron chi connectivity index (χ4n) is 0.753. The van der Waals surface area contributed by atoms with E-state index >= 15 is 0 Å². The summed E-state index contributed by atoms with van der Waals surface area (Å²) in [5.74, 6) is 0. The van der Waals surface area contributed by atoms with Gasteiger partial charge in [0.1, 0.15) is 5.69 Å². The number of halogens is 4. The maximum atomic E-state index is 12.2. The van der Waals surface area contributed by atoms with Crippen LogP contribution in [0.2, 0.25) is 0 Å². The summed E-state index contributed by atoms with van der Waals surface area (Å²) >= 11 is 5.24. The van der Waals surface area contributed by atoms with Gasteiger partial charge < -0.3 is 0 Å². The molecule has 66 valence electrons. The van der Waals surface area contributed by atoms with E-state index in [-0.39, 0.29) is 5.69 Å². The van der Waals surface area contributed by atoms with Crippen molar-refractivity contribution in [3.05, 3.63) is 25.5 Å². The molecule has 0 saturated heterocycles. The summed E-state index contributed by atoms with van der Waals surface area (Å²) < 4.78 is 25.9. The molecule has 0 aliphatic rings. The molecule has 0 atom stereocenters. The Morgan fingerprint density at radius 2 is 2.17 bits per heavy atom. The molecule has 0 aliphatic heterocycles. The zero-order valence-electron chi connectivity index (χ0n) is 6.11. The Balaban J connectivity index is 3.21. The van der Waals surface area contributed by atoms with Crippen molar-refractivity contribution in [3.8, 4) is 0 Å². The number of nitrogens with zero attached hydrogens (tertiary/aromatic N) is 1. The van der Waals surface area contributed by atoms with Gasteiger partial charge in [0.05, 0.1) is 5.69 Å². The molecule has 0 amide bonds. The van der Waals surface area contributed by atoms with Crippen LogP contribution in [0.25, 0.3) is 0 Å². The Morgan fingerprint density at radius 1 is 1.58 bits per heavy atom. The van der Waals surface area contributed by atoms with E-state index in [9.17, 15) is 8.78 Å². The van der Waals surface area contributed by atoms with E-state index in [1.807, 2.05) is 0 Å². The monoisotopic (exact) mass is 347 g/mol. The van der Waals surface area contributed by atoms with Gasteiger partial charge in [0.15, 0.2) is 0 Å². The average molecular weight is 348 g/mol. The maximum Gasteiger partial charge on any atom is 0.280 e. The van der Waals surface area contributed by atoms with Gasteiger partial charge in [-0.3, -0.25) is 4.98 Å². The molecule has 0 bridgehead atoms. The van der Waals surface area contributed by atoms with Crippen molar-refractivity contribution >= 4 is 38.5 Å². The molecule has 0 unspecified atom stereocenters. The largest absolute Gasteiger partial charge is 0.280 e. The van der Waals surface area contributed by atoms with Crippen molar-refractivity contribution in [3.63, 3.8) is 0 Å². The maximum absolute atomic E-state index is 12.2. The van der Waals surface area contributed by atoms with Gasteiger partial charge in [0, 0.05) is 8.04 Å². The first-order chi connectivity index (χ1) is 5.52. The molecule has 5 heteroatoms. The second kappa shape index (κ2) is 3.95. The van der Waals surface area contributed by atoms with Crippen molar-refractivity contribution in [2.75, 3.05) is 0 Å². The van der Waals surface area contributed by atoms with E-state index in [4.69, 9.17) is 0 Å². The number of rotatable bonds is 1. The van der Waals surface area contributed by atoms with Gasteiger partial charge in [-0.05, 0) is 51.5 Å². The smallest absolute Gasteiger partial charge is 0.251 e. The van der Waals surface area contributed by atoms with E-state index in [2.05, 4.69) is 43.5 Å². The number of hydrogen-bond acceptors (Lipinski definition) is 1. The highest BCUT2D eigenvalue weighted by molar-refractivity contribution is 14.1. The number of alkyl halides is 2. The van der Waals surface area contributed by atoms with Gasteiger partial charge in [-0.1, -0.05) is 0 Å². The van der Waals surface area contributed by atoms with Crippen LogP contribution in [0, 0.1) is 10.5 Å². The molecule has 1 heterocycles. The molecule has 0 aromatic carbocycles. The Kier molecular flexibility index (Phi) is 3.39. The van der Waals surface area contributed by atoms with Crippen molar-refractivity contribution in [2.24, 2.45) is 0 Å². The highest BCUT2D eigenvalue weighted by Gasteiger charge is 2.12. The van der Waals surface area contributed by atoms with Gasteiger partial charge in [-0.15, -0.1) is 0 Å². The van der Waals surface area contributed by atoms with E-state index in [0.717, 1.165) is 3.57 Å². The standard InChI is InChI=1S/C7H5BrF2IN/c1-3-6(11)4(8)2-5(12-3)7(9)10/h2,7H,1H3. The molecule has 0 N–H and O–H groups in total. The molecule has 0 spiro atoms. The van der Waals surface area contributed by atoms with Crippen LogP contribution >= 0.6 is 38.5 Å². The molecule has 0 radical (unpaired) electrons. The highest BCUT2D eigenvalue weighted by atomic mass is 127. The zero-order valence-corrected chi connectivity index (χ0v) is 9.86. The van der Waals surface area contributed by atoms with E-state index < -0.39 is 6.43 Å². The predicted molar refractivity (Wildman–Crippen MR) is 54.3 cm³/mol. The fraction of sp³-hybridized carbons (Fsp3) is 0.286. The minimum atomic E-state index is -2.50. The molecule has 1 rings (SSSR count). The fourth-order valence-corrected chi connectivity index (χ4v) is 1.55. The summed E-state index contributed by atoms with van der Waals surface area (Å²) in [6, 6.07) is 1.35. The lowest BCUT2D eigenvalue weighted by Crippen LogP contribution is -1.95. The van der Waals surface area contributed by atoms with Crippen LogP contribution in [0.3, 0.4) is 0 Å². The Labute approximate surface area is 90.8 Å². The first-order valence-electron chi connectivity index (χ1n) is 3.13. The molecular formula is C7H5BrF2IN. The van der Waals surface area contributed by atoms with Gasteiger partial charge in [0.25, 0.3) is 6.43 Å². The van der Waals surface area contributed by atoms with Crippen molar-refractivity contribution < 1.29 is 8.78 Å². The van der Waals surface area contributed by atoms with Crippen molar-refractivity contribution in [1.29, 1.82) is 0 Å². The van der Waals surface area contributed by atoms with E-state index in [1.54, 1.807) is 6.92 Å². The second-order valence-electron chi connectivity index (χ2n) is 2.23. The lowest BCUT2D eigenvalue weighted by molar-refractivity contribution is 0.145. The number of hydrogen-bond donors (Lipinski definition) is 0. The van der Waals surface area contributed by atoms with E-state index in [0.29, 0.717) is 10.2 Å². The van der Waals surface area contributed by atoms with Crippen LogP contribution < -0.4 is 0 Å². The number of pyridine rings is 1. The lowest BCUT2D eigenvalue weighted by Gasteiger charge is -2.04. The highest BCUT2D eigenvalue weighted by Crippen LogP contribution is 2.26. The van der Waals surface area contributed by atoms with Crippen LogP contribution in [-0.2, 0) is 0 Å². The first kappa shape index (κ1) is 10.3. The molecular weight excluding hydrogens is 343 g/mol. The van der Waals surface area contributed by atoms with Crippen LogP contribution in [0.4, 0.5) is 8.78 Å².